The molecule has 4 heteroatoms. The van der Waals surface area contributed by atoms with Crippen LogP contribution in [0.2, 0.25) is 0 Å². The molecule has 0 aromatic heterocycles. The molecule has 0 heterocycles. The number of rotatable bonds is 5. The summed E-state index contributed by atoms with van der Waals surface area (Å²) < 4.78 is 4.76. The van der Waals surface area contributed by atoms with Gasteiger partial charge in [0.25, 0.3) is 0 Å². The van der Waals surface area contributed by atoms with Crippen LogP contribution in [-0.2, 0) is 42.2 Å². The molecule has 3 nitrogen and oxygen atoms in total. The van der Waals surface area contributed by atoms with Gasteiger partial charge in [0.05, 0.1) is 0 Å². The van der Waals surface area contributed by atoms with Gasteiger partial charge >= 0.3 is 32.7 Å². The molecule has 1 N–H and O–H groups in total. The molecule has 0 aliphatic rings. The van der Waals surface area contributed by atoms with Crippen LogP contribution in [0.15, 0.2) is 0 Å². The zero-order valence-corrected chi connectivity index (χ0v) is 10.7. The van der Waals surface area contributed by atoms with Crippen molar-refractivity contribution in [1.82, 2.24) is 0 Å². The molecule has 0 amide bonds. The fourth-order valence-corrected chi connectivity index (χ4v) is 0.658. The van der Waals surface area contributed by atoms with Gasteiger partial charge in [-0.05, 0) is 6.42 Å². The molecule has 0 rings (SSSR count). The van der Waals surface area contributed by atoms with Crippen LogP contribution >= 0.6 is 0 Å². The average molecular weight is 248 g/mol. The Kier molecular flexibility index (Phi) is 9.02. The number of methoxy groups -OCH3 is 1. The first kappa shape index (κ1) is 15.2. The van der Waals surface area contributed by atoms with Crippen LogP contribution in [0.1, 0.15) is 20.3 Å². The molecule has 0 aliphatic carbocycles. The third kappa shape index (κ3) is 5.36. The summed E-state index contributed by atoms with van der Waals surface area (Å²) in [5.74, 6) is 0. The van der Waals surface area contributed by atoms with Gasteiger partial charge < -0.3 is 14.6 Å². The van der Waals surface area contributed by atoms with Crippen molar-refractivity contribution in [1.29, 1.82) is 0 Å². The van der Waals surface area contributed by atoms with Crippen molar-refractivity contribution in [2.24, 2.45) is 5.41 Å². The predicted octanol–water partition coefficient (Wildman–Crippen LogP) is 0.517. The second-order valence-corrected chi connectivity index (χ2v) is 3.12. The number of aliphatic hydroxyl groups is 1. The van der Waals surface area contributed by atoms with Gasteiger partial charge in [-0.3, -0.25) is 6.29 Å². The summed E-state index contributed by atoms with van der Waals surface area (Å²) >= 11 is 0. The van der Waals surface area contributed by atoms with Gasteiger partial charge in [0.2, 0.25) is 0 Å². The SMILES string of the molecule is COCCC(O)C(C)(C)[C-]=O.[Y+3]. The molecule has 0 aromatic carbocycles. The van der Waals surface area contributed by atoms with Crippen molar-refractivity contribution in [2.45, 2.75) is 26.4 Å². The minimum absolute atomic E-state index is 0. The van der Waals surface area contributed by atoms with Crippen LogP contribution in [0.25, 0.3) is 0 Å². The largest absolute Gasteiger partial charge is 3.00 e. The van der Waals surface area contributed by atoms with E-state index in [1.54, 1.807) is 27.2 Å². The number of hydrogen-bond acceptors (Lipinski definition) is 3. The Morgan fingerprint density at radius 1 is 1.58 bits per heavy atom. The molecule has 0 bridgehead atoms. The van der Waals surface area contributed by atoms with Gasteiger partial charge in [0.15, 0.2) is 0 Å². The van der Waals surface area contributed by atoms with Crippen LogP contribution < -0.4 is 0 Å². The molecule has 66 valence electrons. The first-order valence-corrected chi connectivity index (χ1v) is 3.61. The topological polar surface area (TPSA) is 46.5 Å². The molecular weight excluding hydrogens is 233 g/mol. The van der Waals surface area contributed by atoms with Crippen LogP contribution in [0.4, 0.5) is 0 Å². The Bertz CT molecular complexity index is 125. The van der Waals surface area contributed by atoms with E-state index in [0.717, 1.165) is 0 Å². The van der Waals surface area contributed by atoms with Crippen LogP contribution in [0, 0.1) is 5.41 Å². The quantitative estimate of drug-likeness (QED) is 0.721. The van der Waals surface area contributed by atoms with Crippen molar-refractivity contribution in [3.05, 3.63) is 0 Å². The summed E-state index contributed by atoms with van der Waals surface area (Å²) in [6, 6.07) is 0. The Morgan fingerprint density at radius 2 is 2.08 bits per heavy atom. The van der Waals surface area contributed by atoms with E-state index >= 15 is 0 Å². The van der Waals surface area contributed by atoms with E-state index < -0.39 is 11.5 Å². The molecule has 0 fully saturated rings. The second kappa shape index (κ2) is 7.13. The number of hydrogen-bond donors (Lipinski definition) is 1. The van der Waals surface area contributed by atoms with E-state index in [1.807, 2.05) is 0 Å². The fourth-order valence-electron chi connectivity index (χ4n) is 0.658. The fraction of sp³-hybridized carbons (Fsp3) is 0.875. The molecule has 0 saturated carbocycles. The van der Waals surface area contributed by atoms with E-state index in [0.29, 0.717) is 13.0 Å². The molecular formula is C8H15O3Y+2. The molecule has 1 atom stereocenters. The zero-order valence-electron chi connectivity index (χ0n) is 7.83. The maximum absolute atomic E-state index is 10.3. The third-order valence-corrected chi connectivity index (χ3v) is 1.69. The second-order valence-electron chi connectivity index (χ2n) is 3.12. The maximum atomic E-state index is 10.3. The number of carbonyl (C=O) groups excluding carboxylic acids is 1. The Morgan fingerprint density at radius 3 is 2.42 bits per heavy atom. The van der Waals surface area contributed by atoms with Gasteiger partial charge in [0.1, 0.15) is 0 Å². The maximum Gasteiger partial charge on any atom is 3.00 e. The molecule has 0 saturated heterocycles. The molecule has 0 spiro atoms. The molecule has 0 aliphatic heterocycles. The monoisotopic (exact) mass is 248 g/mol. The van der Waals surface area contributed by atoms with E-state index in [2.05, 4.69) is 0 Å². The van der Waals surface area contributed by atoms with Crippen molar-refractivity contribution >= 4 is 6.29 Å². The summed E-state index contributed by atoms with van der Waals surface area (Å²) in [5, 5.41) is 9.37. The molecule has 12 heavy (non-hydrogen) atoms. The van der Waals surface area contributed by atoms with Crippen LogP contribution in [0.5, 0.6) is 0 Å². The summed E-state index contributed by atoms with van der Waals surface area (Å²) in [6.07, 6.45) is 1.60. The number of aliphatic hydroxyl groups excluding tert-OH is 1. The average Bonchev–Trinajstić information content (AvgIpc) is 2.00. The zero-order chi connectivity index (χ0) is 8.91. The van der Waals surface area contributed by atoms with E-state index in [1.165, 1.54) is 0 Å². The summed E-state index contributed by atoms with van der Waals surface area (Å²) in [5.41, 5.74) is -0.779. The van der Waals surface area contributed by atoms with Gasteiger partial charge in [-0.1, -0.05) is 13.8 Å². The Hall–Kier alpha value is 0.694. The van der Waals surface area contributed by atoms with Crippen LogP contribution in [-0.4, -0.2) is 31.2 Å². The van der Waals surface area contributed by atoms with Gasteiger partial charge in [0, 0.05) is 19.8 Å². The van der Waals surface area contributed by atoms with Gasteiger partial charge in [-0.15, -0.1) is 5.41 Å². The Balaban J connectivity index is 0. The summed E-state index contributed by atoms with van der Waals surface area (Å²) in [6.45, 7) is 3.77. The predicted molar refractivity (Wildman–Crippen MR) is 42.0 cm³/mol. The normalized spacial score (nSPS) is 13.3. The minimum atomic E-state index is -0.779. The van der Waals surface area contributed by atoms with Crippen molar-refractivity contribution in [2.75, 3.05) is 13.7 Å². The third-order valence-electron chi connectivity index (χ3n) is 1.69. The first-order valence-electron chi connectivity index (χ1n) is 3.61. The number of ether oxygens (including phenoxy) is 1. The van der Waals surface area contributed by atoms with E-state index in [-0.39, 0.29) is 32.7 Å². The van der Waals surface area contributed by atoms with Crippen molar-refractivity contribution in [3.8, 4) is 0 Å². The molecule has 1 unspecified atom stereocenters. The minimum Gasteiger partial charge on any atom is -0.541 e. The molecule has 0 radical (unpaired) electrons. The Labute approximate surface area is 98.7 Å². The van der Waals surface area contributed by atoms with Gasteiger partial charge in [-0.2, -0.15) is 0 Å². The smallest absolute Gasteiger partial charge is 0.541 e. The van der Waals surface area contributed by atoms with Gasteiger partial charge in [-0.25, -0.2) is 0 Å². The van der Waals surface area contributed by atoms with E-state index in [9.17, 15) is 9.90 Å². The first-order chi connectivity index (χ1) is 5.04. The summed E-state index contributed by atoms with van der Waals surface area (Å²) in [7, 11) is 1.56. The van der Waals surface area contributed by atoms with Crippen molar-refractivity contribution < 1.29 is 47.3 Å². The van der Waals surface area contributed by atoms with Crippen LogP contribution in [0.3, 0.4) is 0 Å². The van der Waals surface area contributed by atoms with E-state index in [4.69, 9.17) is 4.74 Å². The standard InChI is InChI=1S/C8H15O3.Y/c1-8(2,6-9)7(10)4-5-11-3;/h7,10H,4-5H2,1-3H3;/q-1;+3. The van der Waals surface area contributed by atoms with Crippen molar-refractivity contribution in [3.63, 3.8) is 0 Å². The summed E-state index contributed by atoms with van der Waals surface area (Å²) in [4.78, 5) is 10.3. The molecule has 0 aromatic rings.